The Bertz CT molecular complexity index is 477. The van der Waals surface area contributed by atoms with E-state index in [-0.39, 0.29) is 11.6 Å². The zero-order valence-electron chi connectivity index (χ0n) is 11.2. The predicted molar refractivity (Wildman–Crippen MR) is 78.2 cm³/mol. The topological polar surface area (TPSA) is 12.0 Å². The third-order valence-corrected chi connectivity index (χ3v) is 3.41. The fourth-order valence-corrected chi connectivity index (χ4v) is 2.35. The zero-order valence-corrected chi connectivity index (χ0v) is 12.8. The second-order valence-corrected chi connectivity index (χ2v) is 5.39. The van der Waals surface area contributed by atoms with E-state index in [9.17, 15) is 13.2 Å². The first-order valence-electron chi connectivity index (χ1n) is 6.43. The second kappa shape index (κ2) is 7.70. The summed E-state index contributed by atoms with van der Waals surface area (Å²) in [5, 5.41) is 3.14. The summed E-state index contributed by atoms with van der Waals surface area (Å²) in [4.78, 5) is 0. The molecule has 1 atom stereocenters. The number of nitrogens with one attached hydrogen (secondary N) is 1. The average molecular weight is 348 g/mol. The van der Waals surface area contributed by atoms with Crippen molar-refractivity contribution in [2.45, 2.75) is 38.4 Å². The maximum absolute atomic E-state index is 13.1. The minimum Gasteiger partial charge on any atom is -0.310 e. The first-order valence-corrected chi connectivity index (χ1v) is 7.23. The molecule has 0 aliphatic carbocycles. The van der Waals surface area contributed by atoms with Crippen molar-refractivity contribution in [2.24, 2.45) is 0 Å². The maximum atomic E-state index is 13.1. The Labute approximate surface area is 126 Å². The van der Waals surface area contributed by atoms with Gasteiger partial charge in [0, 0.05) is 16.9 Å². The van der Waals surface area contributed by atoms with Gasteiger partial charge in [-0.15, -0.1) is 12.3 Å². The molecule has 0 radical (unpaired) electrons. The first-order chi connectivity index (χ1) is 9.40. The van der Waals surface area contributed by atoms with Crippen LogP contribution in [0.15, 0.2) is 22.7 Å². The molecular formula is C15H17BrF3N. The lowest BCUT2D eigenvalue weighted by Gasteiger charge is -2.22. The van der Waals surface area contributed by atoms with E-state index in [0.717, 1.165) is 12.5 Å². The Kier molecular flexibility index (Phi) is 6.57. The van der Waals surface area contributed by atoms with Crippen molar-refractivity contribution < 1.29 is 13.2 Å². The highest BCUT2D eigenvalue weighted by atomic mass is 79.9. The van der Waals surface area contributed by atoms with Gasteiger partial charge in [-0.25, -0.2) is 0 Å². The number of alkyl halides is 3. The first kappa shape index (κ1) is 17.1. The second-order valence-electron chi connectivity index (χ2n) is 4.48. The summed E-state index contributed by atoms with van der Waals surface area (Å²) in [6.07, 6.45) is 2.63. The van der Waals surface area contributed by atoms with Crippen LogP contribution in [-0.4, -0.2) is 6.54 Å². The van der Waals surface area contributed by atoms with Crippen LogP contribution >= 0.6 is 15.9 Å². The normalized spacial score (nSPS) is 13.0. The molecule has 0 saturated heterocycles. The summed E-state index contributed by atoms with van der Waals surface area (Å²) in [7, 11) is 0. The maximum Gasteiger partial charge on any atom is 0.416 e. The van der Waals surface area contributed by atoms with Crippen LogP contribution in [0.25, 0.3) is 0 Å². The van der Waals surface area contributed by atoms with E-state index in [1.54, 1.807) is 6.07 Å². The lowest BCUT2D eigenvalue weighted by atomic mass is 9.96. The van der Waals surface area contributed by atoms with E-state index in [1.807, 2.05) is 6.92 Å². The zero-order chi connectivity index (χ0) is 15.2. The predicted octanol–water partition coefficient (Wildman–Crippen LogP) is 4.92. The van der Waals surface area contributed by atoms with Gasteiger partial charge in [0.2, 0.25) is 0 Å². The van der Waals surface area contributed by atoms with E-state index in [2.05, 4.69) is 27.2 Å². The Morgan fingerprint density at radius 3 is 2.65 bits per heavy atom. The Hall–Kier alpha value is -0.990. The largest absolute Gasteiger partial charge is 0.416 e. The van der Waals surface area contributed by atoms with E-state index in [1.165, 1.54) is 6.07 Å². The molecule has 1 unspecified atom stereocenters. The molecular weight excluding hydrogens is 331 g/mol. The van der Waals surface area contributed by atoms with Crippen LogP contribution in [0.3, 0.4) is 0 Å². The quantitative estimate of drug-likeness (QED) is 0.720. The monoisotopic (exact) mass is 347 g/mol. The number of terminal acetylenes is 1. The molecule has 0 bridgehead atoms. The molecule has 110 valence electrons. The number of rotatable bonds is 6. The molecule has 1 rings (SSSR count). The molecule has 0 amide bonds. The molecule has 0 aromatic heterocycles. The van der Waals surface area contributed by atoms with E-state index in [0.29, 0.717) is 23.9 Å². The third kappa shape index (κ3) is 4.84. The van der Waals surface area contributed by atoms with Gasteiger partial charge in [0.1, 0.15) is 0 Å². The van der Waals surface area contributed by atoms with Crippen molar-refractivity contribution in [3.8, 4) is 12.3 Å². The molecule has 0 fully saturated rings. The van der Waals surface area contributed by atoms with E-state index in [4.69, 9.17) is 6.42 Å². The number of hydrogen-bond donors (Lipinski definition) is 1. The molecule has 0 saturated carbocycles. The van der Waals surface area contributed by atoms with Gasteiger partial charge in [-0.1, -0.05) is 28.9 Å². The summed E-state index contributed by atoms with van der Waals surface area (Å²) in [5.74, 6) is 2.48. The highest BCUT2D eigenvalue weighted by Gasteiger charge is 2.35. The molecule has 20 heavy (non-hydrogen) atoms. The van der Waals surface area contributed by atoms with Gasteiger partial charge in [0.25, 0.3) is 0 Å². The Morgan fingerprint density at radius 2 is 2.10 bits per heavy atom. The molecule has 1 nitrogen and oxygen atoms in total. The van der Waals surface area contributed by atoms with Gasteiger partial charge < -0.3 is 5.32 Å². The van der Waals surface area contributed by atoms with Gasteiger partial charge in [-0.2, -0.15) is 13.2 Å². The summed E-state index contributed by atoms with van der Waals surface area (Å²) in [6.45, 7) is 2.63. The van der Waals surface area contributed by atoms with Crippen LogP contribution in [0.2, 0.25) is 0 Å². The summed E-state index contributed by atoms with van der Waals surface area (Å²) in [6, 6.07) is 3.87. The van der Waals surface area contributed by atoms with Gasteiger partial charge in [-0.05, 0) is 37.1 Å². The number of hydrogen-bond acceptors (Lipinski definition) is 1. The molecule has 1 aromatic carbocycles. The molecule has 0 aliphatic heterocycles. The van der Waals surface area contributed by atoms with Crippen molar-refractivity contribution >= 4 is 15.9 Å². The summed E-state index contributed by atoms with van der Waals surface area (Å²) >= 11 is 3.09. The van der Waals surface area contributed by atoms with Crippen LogP contribution in [0.5, 0.6) is 0 Å². The lowest BCUT2D eigenvalue weighted by molar-refractivity contribution is -0.138. The van der Waals surface area contributed by atoms with Crippen molar-refractivity contribution in [3.05, 3.63) is 33.8 Å². The minimum absolute atomic E-state index is 0.254. The summed E-state index contributed by atoms with van der Waals surface area (Å²) in [5.41, 5.74) is -0.359. The van der Waals surface area contributed by atoms with Crippen LogP contribution in [0.4, 0.5) is 13.2 Å². The van der Waals surface area contributed by atoms with Crippen molar-refractivity contribution in [1.29, 1.82) is 0 Å². The molecule has 0 aliphatic rings. The highest BCUT2D eigenvalue weighted by Crippen LogP contribution is 2.37. The molecule has 0 heterocycles. The lowest BCUT2D eigenvalue weighted by Crippen LogP contribution is -2.25. The molecule has 1 N–H and O–H groups in total. The van der Waals surface area contributed by atoms with Gasteiger partial charge in [0.05, 0.1) is 5.56 Å². The van der Waals surface area contributed by atoms with Gasteiger partial charge in [0.15, 0.2) is 0 Å². The molecule has 1 aromatic rings. The fraction of sp³-hybridized carbons (Fsp3) is 0.467. The van der Waals surface area contributed by atoms with Crippen LogP contribution in [0.1, 0.15) is 43.4 Å². The average Bonchev–Trinajstić information content (AvgIpc) is 2.38. The summed E-state index contributed by atoms with van der Waals surface area (Å²) < 4.78 is 39.8. The number of benzene rings is 1. The third-order valence-electron chi connectivity index (χ3n) is 2.91. The molecule has 5 heteroatoms. The number of halogens is 4. The Morgan fingerprint density at radius 1 is 1.40 bits per heavy atom. The van der Waals surface area contributed by atoms with Crippen molar-refractivity contribution in [3.63, 3.8) is 0 Å². The SMILES string of the molecule is C#CCCC(NCCC)c1ccc(Br)cc1C(F)(F)F. The van der Waals surface area contributed by atoms with Gasteiger partial charge in [-0.3, -0.25) is 0 Å². The van der Waals surface area contributed by atoms with Crippen LogP contribution in [0, 0.1) is 12.3 Å². The highest BCUT2D eigenvalue weighted by molar-refractivity contribution is 9.10. The molecule has 0 spiro atoms. The standard InChI is InChI=1S/C15H17BrF3N/c1-3-5-6-14(20-9-4-2)12-8-7-11(16)10-13(12)15(17,18)19/h1,7-8,10,14,20H,4-6,9H2,2H3. The van der Waals surface area contributed by atoms with Crippen molar-refractivity contribution in [2.75, 3.05) is 6.54 Å². The van der Waals surface area contributed by atoms with E-state index >= 15 is 0 Å². The fourth-order valence-electron chi connectivity index (χ4n) is 1.99. The Balaban J connectivity index is 3.14. The van der Waals surface area contributed by atoms with E-state index < -0.39 is 11.7 Å². The van der Waals surface area contributed by atoms with Gasteiger partial charge >= 0.3 is 6.18 Å². The smallest absolute Gasteiger partial charge is 0.310 e. The minimum atomic E-state index is -4.37. The van der Waals surface area contributed by atoms with Crippen LogP contribution in [-0.2, 0) is 6.18 Å². The van der Waals surface area contributed by atoms with Crippen LogP contribution < -0.4 is 5.32 Å². The van der Waals surface area contributed by atoms with Crippen molar-refractivity contribution in [1.82, 2.24) is 5.32 Å².